The Morgan fingerprint density at radius 3 is 2.38 bits per heavy atom. The molecule has 4 N–H and O–H groups in total. The molecule has 0 aliphatic carbocycles. The van der Waals surface area contributed by atoms with Crippen LogP contribution in [-0.4, -0.2) is 58.1 Å². The Morgan fingerprint density at radius 2 is 1.94 bits per heavy atom. The molecule has 0 saturated carbocycles. The van der Waals surface area contributed by atoms with Crippen LogP contribution in [0.15, 0.2) is 0 Å². The molecular weight excluding hydrogens is 212 g/mol. The van der Waals surface area contributed by atoms with Crippen LogP contribution >= 0.6 is 0 Å². The van der Waals surface area contributed by atoms with Gasteiger partial charge in [0.2, 0.25) is 0 Å². The van der Waals surface area contributed by atoms with Crippen LogP contribution in [0, 0.1) is 0 Å². The minimum atomic E-state index is -1.02. The molecule has 0 aromatic rings. The summed E-state index contributed by atoms with van der Waals surface area (Å²) < 4.78 is 5.15. The second-order valence-corrected chi connectivity index (χ2v) is 5.11. The minimum Gasteiger partial charge on any atom is -0.444 e. The van der Waals surface area contributed by atoms with Crippen LogP contribution in [0.2, 0.25) is 0 Å². The molecule has 0 radical (unpaired) electrons. The summed E-state index contributed by atoms with van der Waals surface area (Å²) in [6.07, 6.45) is -2.52. The Labute approximate surface area is 95.0 Å². The van der Waals surface area contributed by atoms with Crippen LogP contribution in [0.3, 0.4) is 0 Å². The van der Waals surface area contributed by atoms with Crippen molar-refractivity contribution >= 4 is 6.09 Å². The van der Waals surface area contributed by atoms with Gasteiger partial charge in [0, 0.05) is 6.54 Å². The number of likely N-dealkylation sites (tertiary alicyclic amines) is 1. The quantitative estimate of drug-likeness (QED) is 0.512. The molecule has 6 heteroatoms. The lowest BCUT2D eigenvalue weighted by molar-refractivity contribution is -0.0563. The molecule has 1 saturated heterocycles. The third-order valence-electron chi connectivity index (χ3n) is 2.32. The molecule has 1 fully saturated rings. The third kappa shape index (κ3) is 3.33. The van der Waals surface area contributed by atoms with E-state index in [9.17, 15) is 15.0 Å². The molecule has 16 heavy (non-hydrogen) atoms. The summed E-state index contributed by atoms with van der Waals surface area (Å²) in [7, 11) is 0. The maximum atomic E-state index is 11.7. The van der Waals surface area contributed by atoms with E-state index in [2.05, 4.69) is 0 Å². The van der Waals surface area contributed by atoms with E-state index >= 15 is 0 Å². The smallest absolute Gasteiger partial charge is 0.410 e. The van der Waals surface area contributed by atoms with Crippen molar-refractivity contribution in [2.45, 2.75) is 44.6 Å². The number of rotatable bonds is 0. The van der Waals surface area contributed by atoms with Gasteiger partial charge in [-0.15, -0.1) is 0 Å². The van der Waals surface area contributed by atoms with Gasteiger partial charge in [-0.1, -0.05) is 0 Å². The standard InChI is InChI=1S/C10H20N2O4/c1-10(2,3)16-9(15)12-4-6(11)8(14)7(13)5-12/h6-8,13-14H,4-5,11H2,1-3H3/t6-,7-,8+/m1/s1. The number of piperidine rings is 1. The van der Waals surface area contributed by atoms with E-state index in [0.717, 1.165) is 0 Å². The van der Waals surface area contributed by atoms with Gasteiger partial charge in [-0.3, -0.25) is 0 Å². The number of hydrogen-bond acceptors (Lipinski definition) is 5. The lowest BCUT2D eigenvalue weighted by Crippen LogP contribution is -2.60. The monoisotopic (exact) mass is 232 g/mol. The average Bonchev–Trinajstić information content (AvgIpc) is 2.10. The van der Waals surface area contributed by atoms with Crippen LogP contribution in [-0.2, 0) is 4.74 Å². The molecule has 0 unspecified atom stereocenters. The fourth-order valence-corrected chi connectivity index (χ4v) is 1.53. The van der Waals surface area contributed by atoms with Gasteiger partial charge in [-0.25, -0.2) is 4.79 Å². The maximum absolute atomic E-state index is 11.7. The van der Waals surface area contributed by atoms with E-state index < -0.39 is 29.9 Å². The Kier molecular flexibility index (Phi) is 3.77. The number of nitrogens with two attached hydrogens (primary N) is 1. The van der Waals surface area contributed by atoms with Gasteiger partial charge in [-0.2, -0.15) is 0 Å². The number of hydrogen-bond donors (Lipinski definition) is 3. The van der Waals surface area contributed by atoms with Crippen LogP contribution in [0.4, 0.5) is 4.79 Å². The predicted molar refractivity (Wildman–Crippen MR) is 57.8 cm³/mol. The molecule has 6 nitrogen and oxygen atoms in total. The summed E-state index contributed by atoms with van der Waals surface area (Å²) in [4.78, 5) is 13.0. The van der Waals surface area contributed by atoms with Gasteiger partial charge < -0.3 is 25.6 Å². The van der Waals surface area contributed by atoms with Crippen molar-refractivity contribution in [1.82, 2.24) is 4.90 Å². The van der Waals surface area contributed by atoms with Crippen molar-refractivity contribution in [3.63, 3.8) is 0 Å². The normalized spacial score (nSPS) is 31.4. The maximum Gasteiger partial charge on any atom is 0.410 e. The number of aliphatic hydroxyl groups excluding tert-OH is 2. The van der Waals surface area contributed by atoms with Gasteiger partial charge in [0.15, 0.2) is 0 Å². The van der Waals surface area contributed by atoms with Crippen molar-refractivity contribution in [2.75, 3.05) is 13.1 Å². The Balaban J connectivity index is 2.58. The second kappa shape index (κ2) is 4.57. The Bertz CT molecular complexity index is 252. The van der Waals surface area contributed by atoms with E-state index in [1.54, 1.807) is 20.8 Å². The topological polar surface area (TPSA) is 96.0 Å². The Hall–Kier alpha value is -0.850. The van der Waals surface area contributed by atoms with Crippen molar-refractivity contribution in [3.05, 3.63) is 0 Å². The third-order valence-corrected chi connectivity index (χ3v) is 2.32. The fourth-order valence-electron chi connectivity index (χ4n) is 1.53. The van der Waals surface area contributed by atoms with Crippen LogP contribution in [0.25, 0.3) is 0 Å². The molecule has 94 valence electrons. The van der Waals surface area contributed by atoms with Crippen LogP contribution < -0.4 is 5.73 Å². The lowest BCUT2D eigenvalue weighted by atomic mass is 10.0. The van der Waals surface area contributed by atoms with Gasteiger partial charge in [0.05, 0.1) is 24.8 Å². The molecule has 3 atom stereocenters. The summed E-state index contributed by atoms with van der Waals surface area (Å²) in [5.41, 5.74) is 5.02. The first-order chi connectivity index (χ1) is 7.20. The summed E-state index contributed by atoms with van der Waals surface area (Å²) in [6.45, 7) is 5.52. The summed E-state index contributed by atoms with van der Waals surface area (Å²) >= 11 is 0. The van der Waals surface area contributed by atoms with E-state index in [-0.39, 0.29) is 13.1 Å². The van der Waals surface area contributed by atoms with Gasteiger partial charge in [-0.05, 0) is 20.8 Å². The first kappa shape index (κ1) is 13.2. The molecular formula is C10H20N2O4. The Morgan fingerprint density at radius 1 is 1.38 bits per heavy atom. The van der Waals surface area contributed by atoms with Gasteiger partial charge >= 0.3 is 6.09 Å². The number of nitrogens with zero attached hydrogens (tertiary/aromatic N) is 1. The molecule has 1 heterocycles. The molecule has 1 aliphatic heterocycles. The zero-order valence-electron chi connectivity index (χ0n) is 9.88. The van der Waals surface area contributed by atoms with Crippen LogP contribution in [0.1, 0.15) is 20.8 Å². The molecule has 1 aliphatic rings. The first-order valence-corrected chi connectivity index (χ1v) is 5.30. The second-order valence-electron chi connectivity index (χ2n) is 5.11. The SMILES string of the molecule is CC(C)(C)OC(=O)N1C[C@@H](N)[C@H](O)[C@H](O)C1. The number of carbonyl (C=O) groups excluding carboxylic acids is 1. The van der Waals surface area contributed by atoms with E-state index in [1.165, 1.54) is 4.90 Å². The molecule has 1 rings (SSSR count). The summed E-state index contributed by atoms with van der Waals surface area (Å²) in [6, 6.07) is -0.642. The zero-order chi connectivity index (χ0) is 12.5. The number of amides is 1. The number of ether oxygens (including phenoxy) is 1. The number of aliphatic hydroxyl groups is 2. The number of β-amino-alcohol motifs (C(OH)–C–C–N with tert-alkyl or cyclic N) is 1. The predicted octanol–water partition coefficient (Wildman–Crippen LogP) is -0.714. The average molecular weight is 232 g/mol. The van der Waals surface area contributed by atoms with E-state index in [4.69, 9.17) is 10.5 Å². The van der Waals surface area contributed by atoms with Crippen molar-refractivity contribution < 1.29 is 19.7 Å². The highest BCUT2D eigenvalue weighted by atomic mass is 16.6. The summed E-state index contributed by atoms with van der Waals surface area (Å²) in [5, 5.41) is 18.9. The minimum absolute atomic E-state index is 0.0454. The van der Waals surface area contributed by atoms with Crippen molar-refractivity contribution in [1.29, 1.82) is 0 Å². The van der Waals surface area contributed by atoms with E-state index in [1.807, 2.05) is 0 Å². The largest absolute Gasteiger partial charge is 0.444 e. The summed E-state index contributed by atoms with van der Waals surface area (Å²) in [5.74, 6) is 0. The fraction of sp³-hybridized carbons (Fsp3) is 0.900. The highest BCUT2D eigenvalue weighted by Gasteiger charge is 2.36. The first-order valence-electron chi connectivity index (χ1n) is 5.30. The lowest BCUT2D eigenvalue weighted by Gasteiger charge is -2.38. The van der Waals surface area contributed by atoms with Crippen molar-refractivity contribution in [2.24, 2.45) is 5.73 Å². The zero-order valence-corrected chi connectivity index (χ0v) is 9.88. The molecule has 0 aromatic carbocycles. The highest BCUT2D eigenvalue weighted by Crippen LogP contribution is 2.15. The molecule has 0 bridgehead atoms. The van der Waals surface area contributed by atoms with E-state index in [0.29, 0.717) is 0 Å². The molecule has 0 spiro atoms. The molecule has 0 aromatic heterocycles. The highest BCUT2D eigenvalue weighted by molar-refractivity contribution is 5.68. The number of carbonyl (C=O) groups is 1. The van der Waals surface area contributed by atoms with Crippen molar-refractivity contribution in [3.8, 4) is 0 Å². The van der Waals surface area contributed by atoms with Crippen LogP contribution in [0.5, 0.6) is 0 Å². The van der Waals surface area contributed by atoms with Gasteiger partial charge in [0.1, 0.15) is 5.60 Å². The van der Waals surface area contributed by atoms with Gasteiger partial charge in [0.25, 0.3) is 0 Å². The molecule has 1 amide bonds.